The number of fused-ring (bicyclic) bond motifs is 1. The Bertz CT molecular complexity index is 790. The highest BCUT2D eigenvalue weighted by atomic mass is 32.2. The van der Waals surface area contributed by atoms with Gasteiger partial charge in [-0.05, 0) is 23.6 Å². The Kier molecular flexibility index (Phi) is 5.06. The molecule has 1 N–H and O–H groups in total. The number of ether oxygens (including phenoxy) is 2. The third-order valence-electron chi connectivity index (χ3n) is 4.05. The molecule has 0 unspecified atom stereocenters. The van der Waals surface area contributed by atoms with E-state index in [0.717, 1.165) is 29.0 Å². The fourth-order valence-corrected chi connectivity index (χ4v) is 3.99. The molecule has 1 atom stereocenters. The fraction of sp³-hybridized carbons (Fsp3) is 0.333. The van der Waals surface area contributed by atoms with Crippen LogP contribution in [0.15, 0.2) is 48.5 Å². The van der Waals surface area contributed by atoms with Crippen molar-refractivity contribution in [3.63, 3.8) is 0 Å². The van der Waals surface area contributed by atoms with Crippen molar-refractivity contribution in [3.8, 4) is 11.5 Å². The van der Waals surface area contributed by atoms with Gasteiger partial charge in [0.2, 0.25) is 10.0 Å². The zero-order chi connectivity index (χ0) is 17.0. The molecule has 0 saturated heterocycles. The molecule has 0 amide bonds. The van der Waals surface area contributed by atoms with Gasteiger partial charge in [0, 0.05) is 18.5 Å². The molecule has 0 saturated carbocycles. The number of benzene rings is 2. The van der Waals surface area contributed by atoms with Gasteiger partial charge in [0.05, 0.1) is 19.5 Å². The van der Waals surface area contributed by atoms with Crippen molar-refractivity contribution >= 4 is 10.0 Å². The third kappa shape index (κ3) is 4.27. The van der Waals surface area contributed by atoms with Crippen LogP contribution in [0.1, 0.15) is 11.1 Å². The number of rotatable bonds is 6. The molecule has 2 aromatic rings. The SMILES string of the molecule is COc1ccc2c(c1)OC[C@@H](CNS(=O)(=O)Cc1ccccc1)C2. The van der Waals surface area contributed by atoms with Crippen molar-refractivity contribution in [1.82, 2.24) is 4.72 Å². The first-order valence-corrected chi connectivity index (χ1v) is 9.52. The monoisotopic (exact) mass is 347 g/mol. The summed E-state index contributed by atoms with van der Waals surface area (Å²) in [4.78, 5) is 0. The summed E-state index contributed by atoms with van der Waals surface area (Å²) in [7, 11) is -1.73. The maximum absolute atomic E-state index is 12.2. The van der Waals surface area contributed by atoms with Gasteiger partial charge >= 0.3 is 0 Å². The number of methoxy groups -OCH3 is 1. The topological polar surface area (TPSA) is 64.6 Å². The summed E-state index contributed by atoms with van der Waals surface area (Å²) in [6.07, 6.45) is 0.785. The lowest BCUT2D eigenvalue weighted by molar-refractivity contribution is 0.222. The maximum Gasteiger partial charge on any atom is 0.215 e. The minimum atomic E-state index is -3.35. The van der Waals surface area contributed by atoms with Crippen LogP contribution in [0.4, 0.5) is 0 Å². The van der Waals surface area contributed by atoms with E-state index in [1.165, 1.54) is 0 Å². The van der Waals surface area contributed by atoms with Gasteiger partial charge in [-0.3, -0.25) is 0 Å². The van der Waals surface area contributed by atoms with Crippen LogP contribution in [0.2, 0.25) is 0 Å². The third-order valence-corrected chi connectivity index (χ3v) is 5.37. The van der Waals surface area contributed by atoms with Crippen molar-refractivity contribution in [2.45, 2.75) is 12.2 Å². The molecule has 5 nitrogen and oxygen atoms in total. The summed E-state index contributed by atoms with van der Waals surface area (Å²) in [6, 6.07) is 14.9. The fourth-order valence-electron chi connectivity index (χ4n) is 2.76. The number of hydrogen-bond donors (Lipinski definition) is 1. The Balaban J connectivity index is 1.57. The van der Waals surface area contributed by atoms with Crippen LogP contribution in [-0.4, -0.2) is 28.7 Å². The number of hydrogen-bond acceptors (Lipinski definition) is 4. The predicted octanol–water partition coefficient (Wildman–Crippen LogP) is 2.37. The van der Waals surface area contributed by atoms with Crippen LogP contribution in [0.5, 0.6) is 11.5 Å². The van der Waals surface area contributed by atoms with E-state index in [2.05, 4.69) is 4.72 Å². The van der Waals surface area contributed by atoms with E-state index >= 15 is 0 Å². The smallest absolute Gasteiger partial charge is 0.215 e. The summed E-state index contributed by atoms with van der Waals surface area (Å²) in [5.74, 6) is 1.69. The van der Waals surface area contributed by atoms with Gasteiger partial charge in [-0.2, -0.15) is 0 Å². The molecule has 0 radical (unpaired) electrons. The molecule has 2 aromatic carbocycles. The van der Waals surface area contributed by atoms with E-state index in [1.807, 2.05) is 48.5 Å². The van der Waals surface area contributed by atoms with Crippen molar-refractivity contribution < 1.29 is 17.9 Å². The lowest BCUT2D eigenvalue weighted by atomic mass is 9.97. The van der Waals surface area contributed by atoms with Crippen LogP contribution in [0.3, 0.4) is 0 Å². The minimum Gasteiger partial charge on any atom is -0.497 e. The summed E-state index contributed by atoms with van der Waals surface area (Å²) >= 11 is 0. The Labute approximate surface area is 142 Å². The van der Waals surface area contributed by atoms with E-state index in [4.69, 9.17) is 9.47 Å². The minimum absolute atomic E-state index is 0.00476. The molecular weight excluding hydrogens is 326 g/mol. The van der Waals surface area contributed by atoms with Crippen LogP contribution < -0.4 is 14.2 Å². The molecular formula is C18H21NO4S. The lowest BCUT2D eigenvalue weighted by Crippen LogP contribution is -2.35. The first-order chi connectivity index (χ1) is 11.6. The largest absolute Gasteiger partial charge is 0.497 e. The van der Waals surface area contributed by atoms with Crippen molar-refractivity contribution in [1.29, 1.82) is 0 Å². The van der Waals surface area contributed by atoms with Gasteiger partial charge in [-0.25, -0.2) is 13.1 Å². The summed E-state index contributed by atoms with van der Waals surface area (Å²) in [6.45, 7) is 0.870. The second-order valence-electron chi connectivity index (χ2n) is 5.95. The first kappa shape index (κ1) is 16.8. The van der Waals surface area contributed by atoms with Gasteiger partial charge in [0.1, 0.15) is 11.5 Å². The molecule has 128 valence electrons. The van der Waals surface area contributed by atoms with Crippen LogP contribution in [-0.2, 0) is 22.2 Å². The highest BCUT2D eigenvalue weighted by Gasteiger charge is 2.22. The molecule has 1 heterocycles. The maximum atomic E-state index is 12.2. The number of sulfonamides is 1. The zero-order valence-corrected chi connectivity index (χ0v) is 14.4. The average Bonchev–Trinajstić information content (AvgIpc) is 2.60. The van der Waals surface area contributed by atoms with Crippen LogP contribution in [0.25, 0.3) is 0 Å². The second kappa shape index (κ2) is 7.23. The van der Waals surface area contributed by atoms with Crippen molar-refractivity contribution in [3.05, 3.63) is 59.7 Å². The molecule has 6 heteroatoms. The molecule has 0 spiro atoms. The Morgan fingerprint density at radius 2 is 2.00 bits per heavy atom. The van der Waals surface area contributed by atoms with E-state index < -0.39 is 10.0 Å². The molecule has 1 aliphatic heterocycles. The van der Waals surface area contributed by atoms with Gasteiger partial charge in [0.15, 0.2) is 0 Å². The first-order valence-electron chi connectivity index (χ1n) is 7.87. The molecule has 24 heavy (non-hydrogen) atoms. The van der Waals surface area contributed by atoms with Crippen LogP contribution >= 0.6 is 0 Å². The molecule has 3 rings (SSSR count). The van der Waals surface area contributed by atoms with E-state index in [-0.39, 0.29) is 11.7 Å². The summed E-state index contributed by atoms with van der Waals surface area (Å²) in [5.41, 5.74) is 1.86. The lowest BCUT2D eigenvalue weighted by Gasteiger charge is -2.25. The number of nitrogens with one attached hydrogen (secondary N) is 1. The van der Waals surface area contributed by atoms with Gasteiger partial charge in [0.25, 0.3) is 0 Å². The van der Waals surface area contributed by atoms with E-state index in [9.17, 15) is 8.42 Å². The quantitative estimate of drug-likeness (QED) is 0.871. The van der Waals surface area contributed by atoms with E-state index in [1.54, 1.807) is 7.11 Å². The molecule has 0 bridgehead atoms. The Morgan fingerprint density at radius 1 is 1.21 bits per heavy atom. The highest BCUT2D eigenvalue weighted by Crippen LogP contribution is 2.30. The molecule has 0 aliphatic carbocycles. The average molecular weight is 347 g/mol. The van der Waals surface area contributed by atoms with Crippen molar-refractivity contribution in [2.24, 2.45) is 5.92 Å². The summed E-state index contributed by atoms with van der Waals surface area (Å²) in [5, 5.41) is 0. The van der Waals surface area contributed by atoms with Crippen LogP contribution in [0, 0.1) is 5.92 Å². The predicted molar refractivity (Wildman–Crippen MR) is 92.8 cm³/mol. The normalized spacial score (nSPS) is 17.0. The van der Waals surface area contributed by atoms with Crippen molar-refractivity contribution in [2.75, 3.05) is 20.3 Å². The van der Waals surface area contributed by atoms with Gasteiger partial charge in [-0.1, -0.05) is 36.4 Å². The molecule has 1 aliphatic rings. The second-order valence-corrected chi connectivity index (χ2v) is 7.75. The molecule has 0 aromatic heterocycles. The highest BCUT2D eigenvalue weighted by molar-refractivity contribution is 7.88. The zero-order valence-electron chi connectivity index (χ0n) is 13.6. The summed E-state index contributed by atoms with van der Waals surface area (Å²) < 4.78 is 38.0. The van der Waals surface area contributed by atoms with E-state index in [0.29, 0.717) is 13.2 Å². The Hall–Kier alpha value is -2.05. The standard InChI is InChI=1S/C18H21NO4S/c1-22-17-8-7-16-9-15(12-23-18(16)10-17)11-19-24(20,21)13-14-5-3-2-4-6-14/h2-8,10,15,19H,9,11-13H2,1H3/t15-/m1/s1. The Morgan fingerprint density at radius 3 is 2.75 bits per heavy atom. The van der Waals surface area contributed by atoms with Gasteiger partial charge in [-0.15, -0.1) is 0 Å². The molecule has 0 fully saturated rings. The van der Waals surface area contributed by atoms with Gasteiger partial charge < -0.3 is 9.47 Å².